The molecule has 1 N–H and O–H groups in total. The fraction of sp³-hybridized carbons (Fsp3) is 0.176. The van der Waals surface area contributed by atoms with Crippen LogP contribution in [0.15, 0.2) is 42.7 Å². The second-order valence-corrected chi connectivity index (χ2v) is 6.36. The normalized spacial score (nSPS) is 11.3. The zero-order valence-electron chi connectivity index (χ0n) is 13.9. The first kappa shape index (κ1) is 18.8. The number of nitrogens with one attached hydrogen (secondary N) is 1. The number of amides is 1. The summed E-state index contributed by atoms with van der Waals surface area (Å²) in [5, 5.41) is 2.86. The number of hydrogen-bond donors (Lipinski definition) is 1. The molecule has 0 saturated heterocycles. The number of aromatic nitrogens is 3. The van der Waals surface area contributed by atoms with Crippen LogP contribution < -0.4 is 10.1 Å². The molecule has 0 aliphatic rings. The smallest absolute Gasteiger partial charge is 0.422 e. The van der Waals surface area contributed by atoms with Gasteiger partial charge in [-0.05, 0) is 31.2 Å². The Morgan fingerprint density at radius 1 is 1.19 bits per heavy atom. The van der Waals surface area contributed by atoms with E-state index in [1.54, 1.807) is 19.2 Å². The molecule has 0 aliphatic carbocycles. The Morgan fingerprint density at radius 2 is 1.96 bits per heavy atom. The SMILES string of the molecule is Cc1nc(NC(=O)c2cccnc2OCC(F)(F)F)sc1-c1ccccn1. The van der Waals surface area contributed by atoms with Crippen molar-refractivity contribution in [2.45, 2.75) is 13.1 Å². The van der Waals surface area contributed by atoms with Gasteiger partial charge in [0.15, 0.2) is 11.7 Å². The minimum Gasteiger partial charge on any atom is -0.467 e. The number of nitrogens with zero attached hydrogens (tertiary/aromatic N) is 3. The molecule has 10 heteroatoms. The second-order valence-electron chi connectivity index (χ2n) is 5.36. The summed E-state index contributed by atoms with van der Waals surface area (Å²) in [7, 11) is 0. The third-order valence-electron chi connectivity index (χ3n) is 3.30. The van der Waals surface area contributed by atoms with Crippen molar-refractivity contribution in [2.24, 2.45) is 0 Å². The first-order chi connectivity index (χ1) is 12.8. The Kier molecular flexibility index (Phi) is 5.36. The van der Waals surface area contributed by atoms with E-state index in [0.717, 1.165) is 4.88 Å². The van der Waals surface area contributed by atoms with Gasteiger partial charge in [0.2, 0.25) is 5.88 Å². The lowest BCUT2D eigenvalue weighted by Gasteiger charge is -2.11. The van der Waals surface area contributed by atoms with Crippen LogP contribution in [0, 0.1) is 6.92 Å². The van der Waals surface area contributed by atoms with Crippen LogP contribution >= 0.6 is 11.3 Å². The molecule has 1 amide bonds. The maximum atomic E-state index is 12.5. The molecule has 0 spiro atoms. The van der Waals surface area contributed by atoms with Crippen LogP contribution in [0.1, 0.15) is 16.1 Å². The van der Waals surface area contributed by atoms with E-state index in [9.17, 15) is 18.0 Å². The third-order valence-corrected chi connectivity index (χ3v) is 4.40. The zero-order valence-corrected chi connectivity index (χ0v) is 14.8. The van der Waals surface area contributed by atoms with Crippen LogP contribution in [-0.2, 0) is 0 Å². The Hall–Kier alpha value is -3.01. The Balaban J connectivity index is 1.79. The summed E-state index contributed by atoms with van der Waals surface area (Å²) in [6.07, 6.45) is -1.64. The van der Waals surface area contributed by atoms with Crippen molar-refractivity contribution in [3.63, 3.8) is 0 Å². The van der Waals surface area contributed by atoms with Gasteiger partial charge in [0, 0.05) is 12.4 Å². The van der Waals surface area contributed by atoms with Gasteiger partial charge in [0.1, 0.15) is 5.56 Å². The summed E-state index contributed by atoms with van der Waals surface area (Å²) in [4.78, 5) is 25.5. The highest BCUT2D eigenvalue weighted by Gasteiger charge is 2.29. The van der Waals surface area contributed by atoms with Crippen molar-refractivity contribution in [3.8, 4) is 16.5 Å². The molecule has 0 radical (unpaired) electrons. The number of carbonyl (C=O) groups is 1. The van der Waals surface area contributed by atoms with Gasteiger partial charge in [0.25, 0.3) is 5.91 Å². The average Bonchev–Trinajstić information content (AvgIpc) is 3.00. The molecule has 0 saturated carbocycles. The van der Waals surface area contributed by atoms with E-state index < -0.39 is 24.6 Å². The van der Waals surface area contributed by atoms with Gasteiger partial charge in [-0.2, -0.15) is 13.2 Å². The molecule has 3 heterocycles. The van der Waals surface area contributed by atoms with Gasteiger partial charge in [-0.1, -0.05) is 17.4 Å². The number of hydrogen-bond acceptors (Lipinski definition) is 6. The molecule has 27 heavy (non-hydrogen) atoms. The fourth-order valence-corrected chi connectivity index (χ4v) is 3.12. The van der Waals surface area contributed by atoms with Gasteiger partial charge in [0.05, 0.1) is 16.3 Å². The van der Waals surface area contributed by atoms with Gasteiger partial charge in [-0.25, -0.2) is 9.97 Å². The van der Waals surface area contributed by atoms with Crippen molar-refractivity contribution in [1.82, 2.24) is 15.0 Å². The molecule has 3 aromatic heterocycles. The van der Waals surface area contributed by atoms with E-state index >= 15 is 0 Å². The number of alkyl halides is 3. The molecule has 6 nitrogen and oxygen atoms in total. The van der Waals surface area contributed by atoms with Crippen molar-refractivity contribution in [1.29, 1.82) is 0 Å². The minimum atomic E-state index is -4.53. The van der Waals surface area contributed by atoms with E-state index in [-0.39, 0.29) is 5.56 Å². The van der Waals surface area contributed by atoms with Gasteiger partial charge >= 0.3 is 6.18 Å². The lowest BCUT2D eigenvalue weighted by Crippen LogP contribution is -2.21. The van der Waals surface area contributed by atoms with Crippen LogP contribution in [0.25, 0.3) is 10.6 Å². The number of pyridine rings is 2. The molecule has 0 atom stereocenters. The third kappa shape index (κ3) is 4.79. The Morgan fingerprint density at radius 3 is 2.67 bits per heavy atom. The Bertz CT molecular complexity index is 945. The predicted octanol–water partition coefficient (Wildman–Crippen LogP) is 4.10. The van der Waals surface area contributed by atoms with Gasteiger partial charge in [-0.15, -0.1) is 0 Å². The summed E-state index contributed by atoms with van der Waals surface area (Å²) in [5.74, 6) is -1.06. The first-order valence-corrected chi connectivity index (χ1v) is 8.50. The minimum absolute atomic E-state index is 0.117. The molecule has 0 bridgehead atoms. The first-order valence-electron chi connectivity index (χ1n) is 7.68. The lowest BCUT2D eigenvalue weighted by molar-refractivity contribution is -0.154. The maximum absolute atomic E-state index is 12.5. The van der Waals surface area contributed by atoms with Crippen LogP contribution in [0.2, 0.25) is 0 Å². The quantitative estimate of drug-likeness (QED) is 0.705. The number of ether oxygens (including phenoxy) is 1. The highest BCUT2D eigenvalue weighted by atomic mass is 32.1. The molecular weight excluding hydrogens is 381 g/mol. The molecule has 3 rings (SSSR count). The number of rotatable bonds is 5. The van der Waals surface area contributed by atoms with E-state index in [0.29, 0.717) is 16.5 Å². The number of carbonyl (C=O) groups excluding carboxylic acids is 1. The zero-order chi connectivity index (χ0) is 19.4. The predicted molar refractivity (Wildman–Crippen MR) is 93.8 cm³/mol. The summed E-state index contributed by atoms with van der Waals surface area (Å²) in [6, 6.07) is 8.19. The van der Waals surface area contributed by atoms with Crippen molar-refractivity contribution < 1.29 is 22.7 Å². The summed E-state index contributed by atoms with van der Waals surface area (Å²) in [6.45, 7) is 0.239. The molecule has 0 aromatic carbocycles. The molecule has 3 aromatic rings. The van der Waals surface area contributed by atoms with Gasteiger partial charge < -0.3 is 4.74 Å². The lowest BCUT2D eigenvalue weighted by atomic mass is 10.2. The number of halogens is 3. The van der Waals surface area contributed by atoms with E-state index in [4.69, 9.17) is 0 Å². The van der Waals surface area contributed by atoms with Crippen LogP contribution in [0.3, 0.4) is 0 Å². The van der Waals surface area contributed by atoms with Crippen LogP contribution in [0.4, 0.5) is 18.3 Å². The van der Waals surface area contributed by atoms with E-state index in [2.05, 4.69) is 25.0 Å². The molecular formula is C17H13F3N4O2S. The molecule has 0 fully saturated rings. The monoisotopic (exact) mass is 394 g/mol. The molecule has 0 unspecified atom stereocenters. The highest BCUT2D eigenvalue weighted by molar-refractivity contribution is 7.19. The second kappa shape index (κ2) is 7.70. The number of anilines is 1. The standard InChI is InChI=1S/C17H13F3N4O2S/c1-10-13(12-6-2-3-7-21-12)27-16(23-10)24-14(25)11-5-4-8-22-15(11)26-9-17(18,19)20/h2-8H,9H2,1H3,(H,23,24,25). The largest absolute Gasteiger partial charge is 0.467 e. The van der Waals surface area contributed by atoms with Gasteiger partial charge in [-0.3, -0.25) is 15.1 Å². The number of thiazole rings is 1. The summed E-state index contributed by atoms with van der Waals surface area (Å²) >= 11 is 1.21. The topological polar surface area (TPSA) is 77.0 Å². The highest BCUT2D eigenvalue weighted by Crippen LogP contribution is 2.31. The van der Waals surface area contributed by atoms with E-state index in [1.807, 2.05) is 12.1 Å². The molecule has 140 valence electrons. The fourth-order valence-electron chi connectivity index (χ4n) is 2.18. The summed E-state index contributed by atoms with van der Waals surface area (Å²) in [5.41, 5.74) is 1.27. The average molecular weight is 394 g/mol. The molecule has 0 aliphatic heterocycles. The van der Waals surface area contributed by atoms with E-state index in [1.165, 1.54) is 29.7 Å². The summed E-state index contributed by atoms with van der Waals surface area (Å²) < 4.78 is 41.7. The van der Waals surface area contributed by atoms with Crippen molar-refractivity contribution >= 4 is 22.4 Å². The van der Waals surface area contributed by atoms with Crippen LogP contribution in [0.5, 0.6) is 5.88 Å². The maximum Gasteiger partial charge on any atom is 0.422 e. The van der Waals surface area contributed by atoms with Crippen molar-refractivity contribution in [3.05, 3.63) is 54.0 Å². The number of aryl methyl sites for hydroxylation is 1. The van der Waals surface area contributed by atoms with Crippen LogP contribution in [-0.4, -0.2) is 33.6 Å². The Labute approximate surface area is 156 Å². The van der Waals surface area contributed by atoms with Crippen molar-refractivity contribution in [2.75, 3.05) is 11.9 Å².